The molecular formula is C12H22INO4. The van der Waals surface area contributed by atoms with Crippen LogP contribution in [-0.2, 0) is 19.1 Å². The Morgan fingerprint density at radius 2 is 1.22 bits per heavy atom. The summed E-state index contributed by atoms with van der Waals surface area (Å²) in [6, 6.07) is 0. The lowest BCUT2D eigenvalue weighted by atomic mass is 10.0. The lowest BCUT2D eigenvalue weighted by Crippen LogP contribution is -2.60. The molecule has 6 heteroatoms. The van der Waals surface area contributed by atoms with E-state index in [0.29, 0.717) is 0 Å². The SMILES string of the molecule is CC(C)(C)OC(=O)C(N)(CI)C(=O)OC(C)(C)C. The van der Waals surface area contributed by atoms with Crippen molar-refractivity contribution in [2.45, 2.75) is 58.3 Å². The third kappa shape index (κ3) is 5.51. The van der Waals surface area contributed by atoms with Gasteiger partial charge in [-0.1, -0.05) is 22.6 Å². The molecule has 0 atom stereocenters. The van der Waals surface area contributed by atoms with Gasteiger partial charge in [0, 0.05) is 4.43 Å². The van der Waals surface area contributed by atoms with Crippen LogP contribution in [-0.4, -0.2) is 33.1 Å². The number of nitrogens with two attached hydrogens (primary N) is 1. The van der Waals surface area contributed by atoms with Crippen LogP contribution in [0.3, 0.4) is 0 Å². The van der Waals surface area contributed by atoms with Gasteiger partial charge in [-0.05, 0) is 41.5 Å². The van der Waals surface area contributed by atoms with Crippen molar-refractivity contribution < 1.29 is 19.1 Å². The highest BCUT2D eigenvalue weighted by atomic mass is 127. The predicted octanol–water partition coefficient (Wildman–Crippen LogP) is 1.80. The van der Waals surface area contributed by atoms with Crippen LogP contribution in [0.4, 0.5) is 0 Å². The summed E-state index contributed by atoms with van der Waals surface area (Å²) in [5, 5.41) is 0. The second-order valence-corrected chi connectivity index (χ2v) is 6.87. The molecule has 0 heterocycles. The summed E-state index contributed by atoms with van der Waals surface area (Å²) in [5.41, 5.74) is 2.68. The molecule has 0 saturated carbocycles. The second kappa shape index (κ2) is 5.73. The van der Waals surface area contributed by atoms with Crippen molar-refractivity contribution in [1.29, 1.82) is 0 Å². The Kier molecular flexibility index (Phi) is 5.61. The third-order valence-electron chi connectivity index (χ3n) is 1.74. The van der Waals surface area contributed by atoms with Crippen molar-refractivity contribution in [3.63, 3.8) is 0 Å². The molecule has 0 fully saturated rings. The zero-order valence-corrected chi connectivity index (χ0v) is 14.0. The molecule has 0 aromatic rings. The van der Waals surface area contributed by atoms with Gasteiger partial charge in [-0.15, -0.1) is 0 Å². The quantitative estimate of drug-likeness (QED) is 0.354. The number of rotatable bonds is 3. The van der Waals surface area contributed by atoms with Crippen LogP contribution >= 0.6 is 22.6 Å². The van der Waals surface area contributed by atoms with Crippen molar-refractivity contribution >= 4 is 34.5 Å². The largest absolute Gasteiger partial charge is 0.458 e. The van der Waals surface area contributed by atoms with Crippen molar-refractivity contribution in [2.24, 2.45) is 5.73 Å². The maximum atomic E-state index is 12.0. The summed E-state index contributed by atoms with van der Waals surface area (Å²) in [5.74, 6) is -1.53. The molecule has 0 aliphatic rings. The fraction of sp³-hybridized carbons (Fsp3) is 0.833. The van der Waals surface area contributed by atoms with Gasteiger partial charge in [0.05, 0.1) is 0 Å². The summed E-state index contributed by atoms with van der Waals surface area (Å²) >= 11 is 1.87. The molecule has 0 rings (SSSR count). The van der Waals surface area contributed by atoms with Crippen LogP contribution in [0, 0.1) is 0 Å². The van der Waals surface area contributed by atoms with Gasteiger partial charge in [0.25, 0.3) is 0 Å². The lowest BCUT2D eigenvalue weighted by Gasteiger charge is -2.30. The van der Waals surface area contributed by atoms with Crippen LogP contribution in [0.15, 0.2) is 0 Å². The highest BCUT2D eigenvalue weighted by Gasteiger charge is 2.47. The van der Waals surface area contributed by atoms with Crippen LogP contribution in [0.5, 0.6) is 0 Å². The summed E-state index contributed by atoms with van der Waals surface area (Å²) in [4.78, 5) is 24.0. The van der Waals surface area contributed by atoms with Gasteiger partial charge in [-0.25, -0.2) is 9.59 Å². The van der Waals surface area contributed by atoms with Crippen LogP contribution < -0.4 is 5.73 Å². The molecule has 0 saturated heterocycles. The molecule has 0 spiro atoms. The molecule has 0 aromatic carbocycles. The van der Waals surface area contributed by atoms with Crippen LogP contribution in [0.25, 0.3) is 0 Å². The minimum atomic E-state index is -1.76. The second-order valence-electron chi connectivity index (χ2n) is 6.11. The molecule has 5 nitrogen and oxygen atoms in total. The summed E-state index contributed by atoms with van der Waals surface area (Å²) in [6.45, 7) is 10.3. The number of halogens is 1. The first-order chi connectivity index (χ1) is 7.82. The molecule has 0 aliphatic carbocycles. The van der Waals surface area contributed by atoms with Gasteiger partial charge < -0.3 is 15.2 Å². The average molecular weight is 371 g/mol. The van der Waals surface area contributed by atoms with E-state index in [4.69, 9.17) is 15.2 Å². The van der Waals surface area contributed by atoms with E-state index in [2.05, 4.69) is 0 Å². The predicted molar refractivity (Wildman–Crippen MR) is 77.5 cm³/mol. The first kappa shape index (κ1) is 17.6. The van der Waals surface area contributed by atoms with E-state index in [1.807, 2.05) is 22.6 Å². The van der Waals surface area contributed by atoms with Crippen molar-refractivity contribution in [1.82, 2.24) is 0 Å². The normalized spacial score (nSPS) is 13.1. The van der Waals surface area contributed by atoms with Gasteiger partial charge in [0.2, 0.25) is 5.54 Å². The smallest absolute Gasteiger partial charge is 0.339 e. The Labute approximate surface area is 122 Å². The first-order valence-corrected chi connectivity index (χ1v) is 7.16. The molecule has 0 bridgehead atoms. The summed E-state index contributed by atoms with van der Waals surface area (Å²) in [7, 11) is 0. The zero-order valence-electron chi connectivity index (χ0n) is 11.8. The van der Waals surface area contributed by atoms with Crippen LogP contribution in [0.1, 0.15) is 41.5 Å². The van der Waals surface area contributed by atoms with Gasteiger partial charge in [0.15, 0.2) is 0 Å². The van der Waals surface area contributed by atoms with E-state index >= 15 is 0 Å². The van der Waals surface area contributed by atoms with E-state index in [0.717, 1.165) is 0 Å². The highest BCUT2D eigenvalue weighted by Crippen LogP contribution is 2.19. The van der Waals surface area contributed by atoms with Crippen LogP contribution in [0.2, 0.25) is 0 Å². The monoisotopic (exact) mass is 371 g/mol. The summed E-state index contributed by atoms with van der Waals surface area (Å²) in [6.07, 6.45) is 0. The third-order valence-corrected chi connectivity index (χ3v) is 2.94. The Hall–Kier alpha value is -0.370. The number of hydrogen-bond acceptors (Lipinski definition) is 5. The molecule has 0 radical (unpaired) electrons. The topological polar surface area (TPSA) is 78.6 Å². The number of hydrogen-bond donors (Lipinski definition) is 1. The minimum absolute atomic E-state index is 0.0919. The Balaban J connectivity index is 5.01. The lowest BCUT2D eigenvalue weighted by molar-refractivity contribution is -0.175. The van der Waals surface area contributed by atoms with E-state index in [1.54, 1.807) is 41.5 Å². The molecule has 2 N–H and O–H groups in total. The fourth-order valence-corrected chi connectivity index (χ4v) is 1.55. The van der Waals surface area contributed by atoms with E-state index in [1.165, 1.54) is 0 Å². The number of carbonyl (C=O) groups is 2. The maximum absolute atomic E-state index is 12.0. The van der Waals surface area contributed by atoms with Crippen molar-refractivity contribution in [3.8, 4) is 0 Å². The summed E-state index contributed by atoms with van der Waals surface area (Å²) < 4.78 is 10.4. The molecule has 0 aliphatic heterocycles. The standard InChI is InChI=1S/C12H22INO4/c1-10(2,3)17-8(15)12(14,7-13)9(16)18-11(4,5)6/h7,14H2,1-6H3. The first-order valence-electron chi connectivity index (χ1n) is 5.63. The van der Waals surface area contributed by atoms with E-state index in [9.17, 15) is 9.59 Å². The Morgan fingerprint density at radius 3 is 1.39 bits per heavy atom. The number of ether oxygens (including phenoxy) is 2. The molecule has 106 valence electrons. The van der Waals surface area contributed by atoms with E-state index in [-0.39, 0.29) is 4.43 Å². The van der Waals surface area contributed by atoms with E-state index < -0.39 is 28.7 Å². The molecule has 18 heavy (non-hydrogen) atoms. The van der Waals surface area contributed by atoms with Gasteiger partial charge in [0.1, 0.15) is 11.2 Å². The van der Waals surface area contributed by atoms with Gasteiger partial charge in [-0.2, -0.15) is 0 Å². The van der Waals surface area contributed by atoms with Gasteiger partial charge in [-0.3, -0.25) is 0 Å². The highest BCUT2D eigenvalue weighted by molar-refractivity contribution is 14.1. The maximum Gasteiger partial charge on any atom is 0.339 e. The Morgan fingerprint density at radius 1 is 0.944 bits per heavy atom. The number of alkyl halides is 1. The van der Waals surface area contributed by atoms with Crippen molar-refractivity contribution in [2.75, 3.05) is 4.43 Å². The fourth-order valence-electron chi connectivity index (χ4n) is 0.931. The number of esters is 2. The van der Waals surface area contributed by atoms with Gasteiger partial charge >= 0.3 is 11.9 Å². The van der Waals surface area contributed by atoms with Crippen molar-refractivity contribution in [3.05, 3.63) is 0 Å². The zero-order chi connectivity index (χ0) is 14.8. The minimum Gasteiger partial charge on any atom is -0.458 e. The molecule has 0 amide bonds. The average Bonchev–Trinajstić information content (AvgIpc) is 2.10. The number of carbonyl (C=O) groups excluding carboxylic acids is 2. The Bertz CT molecular complexity index is 300. The molecular weight excluding hydrogens is 349 g/mol. The molecule has 0 unspecified atom stereocenters. The molecule has 0 aromatic heterocycles.